The minimum atomic E-state index is -5.06. The Bertz CT molecular complexity index is 837. The van der Waals surface area contributed by atoms with Gasteiger partial charge in [-0.25, -0.2) is 9.78 Å². The highest BCUT2D eigenvalue weighted by molar-refractivity contribution is 7.21. The third-order valence-electron chi connectivity index (χ3n) is 3.14. The lowest BCUT2D eigenvalue weighted by Gasteiger charge is -2.22. The molecule has 0 spiro atoms. The Balaban J connectivity index is 2.65. The van der Waals surface area contributed by atoms with Crippen molar-refractivity contribution < 1.29 is 27.5 Å². The first-order chi connectivity index (χ1) is 11.3. The van der Waals surface area contributed by atoms with E-state index < -0.39 is 23.7 Å². The smallest absolute Gasteiger partial charge is 0.456 e. The van der Waals surface area contributed by atoms with E-state index >= 15 is 0 Å². The monoisotopic (exact) mass is 374 g/mol. The number of fused-ring (bicyclic) bond motifs is 1. The van der Waals surface area contributed by atoms with Crippen LogP contribution in [-0.4, -0.2) is 35.7 Å². The zero-order chi connectivity index (χ0) is 19.2. The van der Waals surface area contributed by atoms with Crippen molar-refractivity contribution in [3.63, 3.8) is 0 Å². The van der Waals surface area contributed by atoms with E-state index in [2.05, 4.69) is 4.98 Å². The number of aromatic nitrogens is 1. The van der Waals surface area contributed by atoms with Gasteiger partial charge in [0.1, 0.15) is 15.3 Å². The molecule has 0 saturated heterocycles. The summed E-state index contributed by atoms with van der Waals surface area (Å²) in [5.74, 6) is -2.87. The Morgan fingerprint density at radius 1 is 1.20 bits per heavy atom. The fraction of sp³-hybridized carbons (Fsp3) is 0.438. The van der Waals surface area contributed by atoms with Gasteiger partial charge in [-0.05, 0) is 39.8 Å². The molecule has 25 heavy (non-hydrogen) atoms. The maximum absolute atomic E-state index is 12.8. The van der Waals surface area contributed by atoms with Crippen LogP contribution in [0.3, 0.4) is 0 Å². The van der Waals surface area contributed by atoms with Crippen molar-refractivity contribution in [2.75, 3.05) is 11.9 Å². The van der Waals surface area contributed by atoms with Crippen molar-refractivity contribution in [1.29, 1.82) is 0 Å². The van der Waals surface area contributed by atoms with E-state index in [4.69, 9.17) is 4.74 Å². The minimum absolute atomic E-state index is 0.0943. The van der Waals surface area contributed by atoms with Crippen LogP contribution in [-0.2, 0) is 9.53 Å². The second-order valence-corrected chi connectivity index (χ2v) is 7.45. The molecule has 0 bridgehead atoms. The van der Waals surface area contributed by atoms with Crippen molar-refractivity contribution in [3.05, 3.63) is 22.7 Å². The first-order valence-corrected chi connectivity index (χ1v) is 8.11. The number of thiophene rings is 1. The molecule has 0 aliphatic heterocycles. The van der Waals surface area contributed by atoms with E-state index in [-0.39, 0.29) is 16.0 Å². The number of halogens is 3. The SMILES string of the molecule is Cc1ccc2c(N(C)C(=O)C(F)(F)F)c(C(=O)OC(C)(C)C)sc2n1. The summed E-state index contributed by atoms with van der Waals surface area (Å²) >= 11 is 0.896. The number of ether oxygens (including phenoxy) is 1. The maximum atomic E-state index is 12.8. The number of pyridine rings is 1. The number of esters is 1. The molecule has 2 aromatic heterocycles. The molecule has 0 fully saturated rings. The van der Waals surface area contributed by atoms with Crippen LogP contribution in [0.4, 0.5) is 18.9 Å². The molecule has 0 aliphatic rings. The lowest BCUT2D eigenvalue weighted by atomic mass is 10.2. The Hall–Kier alpha value is -2.16. The van der Waals surface area contributed by atoms with Gasteiger partial charge in [0.05, 0.1) is 5.69 Å². The molecule has 0 saturated carbocycles. The number of hydrogen-bond acceptors (Lipinski definition) is 5. The summed E-state index contributed by atoms with van der Waals surface area (Å²) in [6, 6.07) is 3.14. The molecule has 0 N–H and O–H groups in total. The summed E-state index contributed by atoms with van der Waals surface area (Å²) in [6.45, 7) is 6.65. The fourth-order valence-corrected chi connectivity index (χ4v) is 3.27. The van der Waals surface area contributed by atoms with Crippen molar-refractivity contribution in [1.82, 2.24) is 4.98 Å². The van der Waals surface area contributed by atoms with E-state index in [1.54, 1.807) is 33.8 Å². The predicted molar refractivity (Wildman–Crippen MR) is 89.0 cm³/mol. The summed E-state index contributed by atoms with van der Waals surface area (Å²) in [7, 11) is 0.977. The summed E-state index contributed by atoms with van der Waals surface area (Å²) in [6.07, 6.45) is -5.06. The molecule has 2 aromatic rings. The number of alkyl halides is 3. The quantitative estimate of drug-likeness (QED) is 0.743. The molecule has 0 aromatic carbocycles. The molecule has 0 unspecified atom stereocenters. The van der Waals surface area contributed by atoms with Gasteiger partial charge in [-0.2, -0.15) is 13.2 Å². The van der Waals surface area contributed by atoms with Crippen molar-refractivity contribution in [2.24, 2.45) is 0 Å². The highest BCUT2D eigenvalue weighted by Crippen LogP contribution is 2.39. The van der Waals surface area contributed by atoms with Gasteiger partial charge in [0.25, 0.3) is 0 Å². The Morgan fingerprint density at radius 2 is 1.80 bits per heavy atom. The van der Waals surface area contributed by atoms with E-state index in [0.29, 0.717) is 15.4 Å². The zero-order valence-electron chi connectivity index (χ0n) is 14.3. The van der Waals surface area contributed by atoms with E-state index in [1.165, 1.54) is 6.07 Å². The van der Waals surface area contributed by atoms with Gasteiger partial charge in [0, 0.05) is 18.1 Å². The molecule has 0 aliphatic carbocycles. The molecule has 2 rings (SSSR count). The van der Waals surface area contributed by atoms with Gasteiger partial charge >= 0.3 is 18.1 Å². The third kappa shape index (κ3) is 4.09. The Labute approximate surface area is 146 Å². The lowest BCUT2D eigenvalue weighted by molar-refractivity contribution is -0.170. The number of carbonyl (C=O) groups is 2. The summed E-state index contributed by atoms with van der Waals surface area (Å²) < 4.78 is 43.8. The van der Waals surface area contributed by atoms with Crippen molar-refractivity contribution in [3.8, 4) is 0 Å². The van der Waals surface area contributed by atoms with Gasteiger partial charge < -0.3 is 9.64 Å². The number of aryl methyl sites for hydroxylation is 1. The molecule has 9 heteroatoms. The topological polar surface area (TPSA) is 59.5 Å². The van der Waals surface area contributed by atoms with Gasteiger partial charge in [0.2, 0.25) is 0 Å². The molecule has 2 heterocycles. The van der Waals surface area contributed by atoms with Crippen LogP contribution in [0, 0.1) is 6.92 Å². The van der Waals surface area contributed by atoms with Crippen LogP contribution in [0.2, 0.25) is 0 Å². The average Bonchev–Trinajstić information content (AvgIpc) is 2.81. The van der Waals surface area contributed by atoms with Crippen LogP contribution in [0.5, 0.6) is 0 Å². The van der Waals surface area contributed by atoms with Crippen LogP contribution in [0.1, 0.15) is 36.1 Å². The molecular weight excluding hydrogens is 357 g/mol. The maximum Gasteiger partial charge on any atom is 0.471 e. The van der Waals surface area contributed by atoms with Crippen LogP contribution < -0.4 is 4.90 Å². The summed E-state index contributed by atoms with van der Waals surface area (Å²) in [5, 5.41) is 0.288. The number of rotatable bonds is 2. The number of nitrogens with zero attached hydrogens (tertiary/aromatic N) is 2. The Morgan fingerprint density at radius 3 is 2.32 bits per heavy atom. The fourth-order valence-electron chi connectivity index (χ4n) is 2.15. The first-order valence-electron chi connectivity index (χ1n) is 7.29. The van der Waals surface area contributed by atoms with Crippen molar-refractivity contribution in [2.45, 2.75) is 39.5 Å². The van der Waals surface area contributed by atoms with E-state index in [0.717, 1.165) is 18.4 Å². The van der Waals surface area contributed by atoms with Gasteiger partial charge in [-0.15, -0.1) is 11.3 Å². The number of amides is 1. The molecule has 0 radical (unpaired) electrons. The first kappa shape index (κ1) is 19.2. The molecule has 136 valence electrons. The second kappa shape index (κ2) is 6.29. The molecule has 5 nitrogen and oxygen atoms in total. The normalized spacial score (nSPS) is 12.3. The zero-order valence-corrected chi connectivity index (χ0v) is 15.1. The molecule has 0 atom stereocenters. The summed E-state index contributed by atoms with van der Waals surface area (Å²) in [4.78, 5) is 29.0. The lowest BCUT2D eigenvalue weighted by Crippen LogP contribution is -2.39. The average molecular weight is 374 g/mol. The van der Waals surface area contributed by atoms with Crippen molar-refractivity contribution >= 4 is 39.1 Å². The van der Waals surface area contributed by atoms with Gasteiger partial charge in [-0.3, -0.25) is 4.79 Å². The van der Waals surface area contributed by atoms with Crippen LogP contribution in [0.25, 0.3) is 10.2 Å². The predicted octanol–water partition coefficient (Wildman–Crippen LogP) is 4.09. The molecule has 1 amide bonds. The van der Waals surface area contributed by atoms with Gasteiger partial charge in [-0.1, -0.05) is 0 Å². The number of carbonyl (C=O) groups excluding carboxylic acids is 2. The number of hydrogen-bond donors (Lipinski definition) is 0. The minimum Gasteiger partial charge on any atom is -0.456 e. The van der Waals surface area contributed by atoms with Crippen LogP contribution in [0.15, 0.2) is 12.1 Å². The van der Waals surface area contributed by atoms with E-state index in [9.17, 15) is 22.8 Å². The number of anilines is 1. The standard InChI is InChI=1S/C16H17F3N2O3S/c1-8-6-7-9-10(21(5)14(23)16(17,18)19)11(25-12(9)20-8)13(22)24-15(2,3)4/h6-7H,1-5H3. The third-order valence-corrected chi connectivity index (χ3v) is 4.20. The largest absolute Gasteiger partial charge is 0.471 e. The van der Waals surface area contributed by atoms with E-state index in [1.807, 2.05) is 0 Å². The highest BCUT2D eigenvalue weighted by atomic mass is 32.1. The second-order valence-electron chi connectivity index (χ2n) is 6.45. The Kier molecular flexibility index (Phi) is 4.82. The highest BCUT2D eigenvalue weighted by Gasteiger charge is 2.43. The summed E-state index contributed by atoms with van der Waals surface area (Å²) in [5.41, 5.74) is -0.342. The molecular formula is C16H17F3N2O3S. The van der Waals surface area contributed by atoms with Gasteiger partial charge in [0.15, 0.2) is 0 Å². The van der Waals surface area contributed by atoms with Crippen LogP contribution >= 0.6 is 11.3 Å².